The smallest absolute Gasteiger partial charge is 0.472 e. The second-order valence-corrected chi connectivity index (χ2v) is 19.8. The average Bonchev–Trinajstić information content (AvgIpc) is 2.73. The van der Waals surface area contributed by atoms with Gasteiger partial charge in [0.25, 0.3) is 0 Å². The molecule has 0 saturated heterocycles. The Bertz CT molecular complexity index is 846. The molecule has 1 aliphatic carbocycles. The third kappa shape index (κ3) is 10.3. The molecule has 0 bridgehead atoms. The van der Waals surface area contributed by atoms with Crippen LogP contribution in [0.2, 0.25) is 39.3 Å². The third-order valence-electron chi connectivity index (χ3n) is 5.22. The summed E-state index contributed by atoms with van der Waals surface area (Å²) in [6, 6.07) is 21.2. The van der Waals surface area contributed by atoms with Crippen molar-refractivity contribution < 1.29 is 37.7 Å². The number of benzene rings is 2. The predicted molar refractivity (Wildman–Crippen MR) is 145 cm³/mol. The van der Waals surface area contributed by atoms with Crippen molar-refractivity contribution in [2.75, 3.05) is 0 Å². The van der Waals surface area contributed by atoms with Crippen LogP contribution in [-0.2, 0) is 0 Å². The zero-order chi connectivity index (χ0) is 23.2. The summed E-state index contributed by atoms with van der Waals surface area (Å²) < 4.78 is 10.3. The van der Waals surface area contributed by atoms with E-state index in [4.69, 9.17) is 19.9 Å². The largest absolute Gasteiger partial charge is 1.00 e. The molecule has 1 saturated carbocycles. The van der Waals surface area contributed by atoms with Gasteiger partial charge in [-0.3, -0.25) is 0 Å². The first kappa shape index (κ1) is 31.0. The average molecular weight is 477 g/mol. The van der Waals surface area contributed by atoms with E-state index in [2.05, 4.69) is 87.8 Å². The molecule has 0 aromatic heterocycles. The van der Waals surface area contributed by atoms with Crippen molar-refractivity contribution in [2.45, 2.75) is 77.0 Å². The van der Waals surface area contributed by atoms with Gasteiger partial charge in [-0.05, 0) is 23.2 Å². The van der Waals surface area contributed by atoms with Crippen molar-refractivity contribution in [3.05, 3.63) is 82.4 Å². The maximum Gasteiger partial charge on any atom is 1.00 e. The van der Waals surface area contributed by atoms with E-state index in [0.717, 1.165) is 35.6 Å². The maximum atomic E-state index is 5.26. The minimum atomic E-state index is -1.68. The molecule has 1 fully saturated rings. The number of rotatable bonds is 6. The van der Waals surface area contributed by atoms with E-state index in [1.807, 2.05) is 12.1 Å². The predicted octanol–water partition coefficient (Wildman–Crippen LogP) is 1.62. The van der Waals surface area contributed by atoms with Crippen LogP contribution >= 0.6 is 0 Å². The van der Waals surface area contributed by atoms with Gasteiger partial charge in [-0.1, -0.05) is 137 Å². The van der Waals surface area contributed by atoms with Gasteiger partial charge in [0, 0.05) is 16.5 Å². The van der Waals surface area contributed by atoms with Gasteiger partial charge in [-0.2, -0.15) is 0 Å². The second kappa shape index (κ2) is 13.9. The standard InChI is InChI=1S/C26H38N4Si2.2Li/c1-31(2,3)29-25(21-15-9-7-10-16-21)27-23-19-13-14-20-24(23)28-26(30-32(4,5)6)22-17-11-8-12-18-22;;/h7-12,15-18,23-24H,13-14,19-20H2,1-6H3;;/q-2;2*+1/t23-,24-;;/m1../s1. The monoisotopic (exact) mass is 476 g/mol. The van der Waals surface area contributed by atoms with E-state index >= 15 is 0 Å². The normalized spacial score (nSPS) is 19.5. The van der Waals surface area contributed by atoms with Crippen LogP contribution in [0, 0.1) is 0 Å². The van der Waals surface area contributed by atoms with Gasteiger partial charge in [-0.15, -0.1) is 0 Å². The second-order valence-electron chi connectivity index (χ2n) is 10.6. The Morgan fingerprint density at radius 1 is 0.618 bits per heavy atom. The van der Waals surface area contributed by atoms with Crippen LogP contribution in [0.1, 0.15) is 36.8 Å². The van der Waals surface area contributed by atoms with Crippen LogP contribution in [0.5, 0.6) is 0 Å². The number of hydrogen-bond acceptors (Lipinski definition) is 2. The van der Waals surface area contributed by atoms with Crippen molar-refractivity contribution in [1.82, 2.24) is 0 Å². The Morgan fingerprint density at radius 2 is 0.941 bits per heavy atom. The fourth-order valence-electron chi connectivity index (χ4n) is 3.85. The molecule has 4 nitrogen and oxygen atoms in total. The zero-order valence-corrected chi connectivity index (χ0v) is 24.5. The molecule has 0 N–H and O–H groups in total. The van der Waals surface area contributed by atoms with Crippen molar-refractivity contribution in [1.29, 1.82) is 0 Å². The van der Waals surface area contributed by atoms with Gasteiger partial charge < -0.3 is 19.9 Å². The molecule has 0 spiro atoms. The Labute approximate surface area is 233 Å². The molecule has 2 atom stereocenters. The molecule has 0 radical (unpaired) electrons. The molecule has 172 valence electrons. The minimum absolute atomic E-state index is 0. The summed E-state index contributed by atoms with van der Waals surface area (Å²) in [5, 5.41) is 10.5. The van der Waals surface area contributed by atoms with E-state index in [9.17, 15) is 0 Å². The molecule has 0 heterocycles. The molecule has 0 amide bonds. The summed E-state index contributed by atoms with van der Waals surface area (Å²) in [7, 11) is -3.36. The number of hydrogen-bond donors (Lipinski definition) is 0. The molecule has 0 unspecified atom stereocenters. The summed E-state index contributed by atoms with van der Waals surface area (Å²) in [5.41, 5.74) is 2.22. The molecule has 34 heavy (non-hydrogen) atoms. The molecule has 2 aromatic carbocycles. The molecule has 2 aromatic rings. The summed E-state index contributed by atoms with van der Waals surface area (Å²) >= 11 is 0. The molecular formula is C26H38Li2N4Si2. The van der Waals surface area contributed by atoms with Gasteiger partial charge in [0.2, 0.25) is 0 Å². The van der Waals surface area contributed by atoms with Crippen LogP contribution in [-0.4, -0.2) is 40.2 Å². The Morgan fingerprint density at radius 3 is 1.24 bits per heavy atom. The van der Waals surface area contributed by atoms with Gasteiger partial charge in [0.15, 0.2) is 0 Å². The van der Waals surface area contributed by atoms with Crippen molar-refractivity contribution >= 4 is 28.1 Å². The van der Waals surface area contributed by atoms with E-state index < -0.39 is 16.5 Å². The Kier molecular flexibility index (Phi) is 12.7. The number of nitrogens with zero attached hydrogens (tertiary/aromatic N) is 4. The Hall–Kier alpha value is -0.991. The van der Waals surface area contributed by atoms with Gasteiger partial charge in [0.1, 0.15) is 0 Å². The quantitative estimate of drug-likeness (QED) is 0.346. The molecule has 8 heteroatoms. The van der Waals surface area contributed by atoms with Crippen molar-refractivity contribution in [3.8, 4) is 0 Å². The Balaban J connectivity index is 0.00000289. The first-order valence-electron chi connectivity index (χ1n) is 11.8. The summed E-state index contributed by atoms with van der Waals surface area (Å²) in [4.78, 5) is 0. The molecular weight excluding hydrogens is 438 g/mol. The zero-order valence-electron chi connectivity index (χ0n) is 22.5. The number of amidine groups is 2. The summed E-state index contributed by atoms with van der Waals surface area (Å²) in [5.74, 6) is 1.81. The fraction of sp³-hybridized carbons (Fsp3) is 0.462. The minimum Gasteiger partial charge on any atom is -0.472 e. The molecule has 1 aliphatic rings. The van der Waals surface area contributed by atoms with E-state index in [1.54, 1.807) is 0 Å². The van der Waals surface area contributed by atoms with Gasteiger partial charge in [-0.25, -0.2) is 0 Å². The SMILES string of the molecule is C[Si](C)(C)/N=C(/[N-][C@@H]1CCCC[C@H]1[N-]/C(=N/[Si](C)(C)C)c1ccccc1)c1ccccc1.[Li+].[Li+]. The first-order chi connectivity index (χ1) is 15.1. The van der Waals surface area contributed by atoms with Crippen LogP contribution in [0.15, 0.2) is 70.0 Å². The van der Waals surface area contributed by atoms with Gasteiger partial charge in [0.05, 0.1) is 0 Å². The van der Waals surface area contributed by atoms with Crippen LogP contribution in [0.4, 0.5) is 0 Å². The van der Waals surface area contributed by atoms with E-state index in [0.29, 0.717) is 0 Å². The van der Waals surface area contributed by atoms with Gasteiger partial charge >= 0.3 is 37.7 Å². The van der Waals surface area contributed by atoms with Crippen LogP contribution in [0.25, 0.3) is 10.6 Å². The molecule has 0 aliphatic heterocycles. The van der Waals surface area contributed by atoms with Crippen LogP contribution < -0.4 is 37.7 Å². The summed E-state index contributed by atoms with van der Waals surface area (Å²) in [6.45, 7) is 13.6. The maximum absolute atomic E-state index is 5.26. The van der Waals surface area contributed by atoms with E-state index in [-0.39, 0.29) is 49.8 Å². The topological polar surface area (TPSA) is 52.9 Å². The summed E-state index contributed by atoms with van der Waals surface area (Å²) in [6.07, 6.45) is 4.50. The van der Waals surface area contributed by atoms with Crippen molar-refractivity contribution in [3.63, 3.8) is 0 Å². The molecule has 3 rings (SSSR count). The van der Waals surface area contributed by atoms with E-state index in [1.165, 1.54) is 12.8 Å². The first-order valence-corrected chi connectivity index (χ1v) is 18.7. The van der Waals surface area contributed by atoms with Crippen molar-refractivity contribution in [2.24, 2.45) is 9.32 Å². The third-order valence-corrected chi connectivity index (χ3v) is 6.98. The van der Waals surface area contributed by atoms with Crippen LogP contribution in [0.3, 0.4) is 0 Å². The fourth-order valence-corrected chi connectivity index (χ4v) is 5.50.